The molecule has 5 rings (SSSR count). The Morgan fingerprint density at radius 1 is 0.973 bits per heavy atom. The first-order chi connectivity index (χ1) is 17.7. The number of piperazine rings is 1. The lowest BCUT2D eigenvalue weighted by atomic mass is 10.3. The highest BCUT2D eigenvalue weighted by molar-refractivity contribution is 6.32. The summed E-state index contributed by atoms with van der Waals surface area (Å²) in [6.45, 7) is 2.18. The van der Waals surface area contributed by atoms with Crippen LogP contribution in [0.3, 0.4) is 0 Å². The van der Waals surface area contributed by atoms with Crippen LogP contribution in [0.15, 0.2) is 64.2 Å². The minimum atomic E-state index is -5.45. The zero-order chi connectivity index (χ0) is 26.3. The minimum Gasteiger partial charge on any atom is -0.339 e. The van der Waals surface area contributed by atoms with Crippen LogP contribution in [0.25, 0.3) is 22.5 Å². The largest absolute Gasteiger partial charge is 0.493 e. The zero-order valence-corrected chi connectivity index (χ0v) is 19.7. The van der Waals surface area contributed by atoms with Gasteiger partial charge in [0.25, 0.3) is 0 Å². The fraction of sp³-hybridized carbons (Fsp3) is 0.217. The van der Waals surface area contributed by atoms with Gasteiger partial charge in [0.2, 0.25) is 5.95 Å². The normalized spacial score (nSPS) is 14.2. The number of hydrogen-bond donors (Lipinski definition) is 1. The summed E-state index contributed by atoms with van der Waals surface area (Å²) in [4.78, 5) is 49.3. The van der Waals surface area contributed by atoms with Gasteiger partial charge in [-0.3, -0.25) is 9.36 Å². The molecule has 37 heavy (non-hydrogen) atoms. The number of anilines is 1. The van der Waals surface area contributed by atoms with E-state index in [9.17, 15) is 27.6 Å². The number of carbonyl (C=O) groups excluding carboxylic acids is 1. The average Bonchev–Trinajstić information content (AvgIpc) is 3.27. The van der Waals surface area contributed by atoms with Crippen molar-refractivity contribution >= 4 is 34.7 Å². The third-order valence-electron chi connectivity index (χ3n) is 5.72. The van der Waals surface area contributed by atoms with Crippen LogP contribution in [0.2, 0.25) is 5.02 Å². The van der Waals surface area contributed by atoms with E-state index >= 15 is 0 Å². The first-order valence-corrected chi connectivity index (χ1v) is 11.4. The van der Waals surface area contributed by atoms with E-state index in [2.05, 4.69) is 15.1 Å². The molecule has 2 aromatic heterocycles. The maximum absolute atomic E-state index is 13.6. The number of benzene rings is 2. The van der Waals surface area contributed by atoms with Gasteiger partial charge in [0, 0.05) is 26.2 Å². The number of para-hydroxylation sites is 2. The first-order valence-electron chi connectivity index (χ1n) is 11.0. The molecular weight excluding hydrogens is 517 g/mol. The lowest BCUT2D eigenvalue weighted by Gasteiger charge is -2.28. The molecule has 0 unspecified atom stereocenters. The summed E-state index contributed by atoms with van der Waals surface area (Å²) < 4.78 is 41.2. The lowest BCUT2D eigenvalue weighted by molar-refractivity contribution is -0.200. The van der Waals surface area contributed by atoms with E-state index in [-0.39, 0.29) is 32.6 Å². The molecule has 0 amide bonds. The standard InChI is InChI=1S/C23H18ClF3N6O4/c24-15-8-4-5-9-16(15)32-17-18(29-21(32)30-12-10-28-11-13-30)31(14-6-2-1-3-7-14)22(36)33(19(17)34)37-20(35)23(25,26)27/h1-9,28H,10-13H2. The van der Waals surface area contributed by atoms with Crippen molar-refractivity contribution < 1.29 is 22.8 Å². The van der Waals surface area contributed by atoms with Gasteiger partial charge in [0.05, 0.1) is 16.4 Å². The molecule has 0 atom stereocenters. The highest BCUT2D eigenvalue weighted by atomic mass is 35.5. The van der Waals surface area contributed by atoms with Crippen LogP contribution in [0.1, 0.15) is 0 Å². The molecule has 0 bridgehead atoms. The van der Waals surface area contributed by atoms with Gasteiger partial charge >= 0.3 is 23.4 Å². The van der Waals surface area contributed by atoms with E-state index < -0.39 is 23.4 Å². The van der Waals surface area contributed by atoms with Crippen LogP contribution in [0.4, 0.5) is 19.1 Å². The van der Waals surface area contributed by atoms with Crippen LogP contribution in [0, 0.1) is 0 Å². The predicted molar refractivity (Wildman–Crippen MR) is 129 cm³/mol. The molecule has 0 saturated carbocycles. The van der Waals surface area contributed by atoms with Crippen LogP contribution >= 0.6 is 11.6 Å². The molecule has 3 heterocycles. The van der Waals surface area contributed by atoms with Crippen molar-refractivity contribution in [1.29, 1.82) is 0 Å². The Bertz CT molecular complexity index is 1610. The highest BCUT2D eigenvalue weighted by Gasteiger charge is 2.43. The summed E-state index contributed by atoms with van der Waals surface area (Å²) in [5.41, 5.74) is -2.61. The number of halogens is 4. The maximum Gasteiger partial charge on any atom is 0.493 e. The van der Waals surface area contributed by atoms with Gasteiger partial charge in [-0.1, -0.05) is 46.7 Å². The number of alkyl halides is 3. The van der Waals surface area contributed by atoms with Gasteiger partial charge < -0.3 is 15.1 Å². The number of nitrogens with zero attached hydrogens (tertiary/aromatic N) is 5. The molecule has 1 aliphatic rings. The Kier molecular flexibility index (Phi) is 6.25. The molecule has 0 spiro atoms. The Balaban J connectivity index is 1.92. The second-order valence-electron chi connectivity index (χ2n) is 8.04. The average molecular weight is 535 g/mol. The number of rotatable bonds is 4. The molecule has 4 aromatic rings. The van der Waals surface area contributed by atoms with Gasteiger partial charge in [-0.05, 0) is 24.3 Å². The van der Waals surface area contributed by atoms with Crippen molar-refractivity contribution in [2.24, 2.45) is 0 Å². The summed E-state index contributed by atoms with van der Waals surface area (Å²) in [5, 5.41) is 3.42. The third-order valence-corrected chi connectivity index (χ3v) is 6.04. The number of nitrogens with one attached hydrogen (secondary N) is 1. The maximum atomic E-state index is 13.6. The Hall–Kier alpha value is -4.10. The predicted octanol–water partition coefficient (Wildman–Crippen LogP) is 1.92. The van der Waals surface area contributed by atoms with Gasteiger partial charge in [-0.15, -0.1) is 0 Å². The molecular formula is C23H18ClF3N6O4. The molecule has 1 fully saturated rings. The monoisotopic (exact) mass is 534 g/mol. The molecule has 1 aliphatic heterocycles. The van der Waals surface area contributed by atoms with Gasteiger partial charge in [0.1, 0.15) is 0 Å². The summed E-state index contributed by atoms with van der Waals surface area (Å²) in [7, 11) is 0. The van der Waals surface area contributed by atoms with E-state index in [0.717, 1.165) is 4.57 Å². The van der Waals surface area contributed by atoms with Crippen molar-refractivity contribution in [3.05, 3.63) is 80.5 Å². The van der Waals surface area contributed by atoms with Crippen LogP contribution in [0.5, 0.6) is 0 Å². The highest BCUT2D eigenvalue weighted by Crippen LogP contribution is 2.30. The fourth-order valence-electron chi connectivity index (χ4n) is 4.07. The fourth-order valence-corrected chi connectivity index (χ4v) is 4.29. The molecule has 14 heteroatoms. The summed E-state index contributed by atoms with van der Waals surface area (Å²) in [6.07, 6.45) is -5.45. The van der Waals surface area contributed by atoms with E-state index in [1.165, 1.54) is 16.7 Å². The number of hydrogen-bond acceptors (Lipinski definition) is 7. The van der Waals surface area contributed by atoms with Crippen molar-refractivity contribution in [3.8, 4) is 11.4 Å². The second kappa shape index (κ2) is 9.41. The number of carbonyl (C=O) groups is 1. The van der Waals surface area contributed by atoms with Gasteiger partial charge in [0.15, 0.2) is 11.2 Å². The van der Waals surface area contributed by atoms with Crippen molar-refractivity contribution in [2.45, 2.75) is 6.18 Å². The van der Waals surface area contributed by atoms with E-state index in [1.54, 1.807) is 42.5 Å². The Morgan fingerprint density at radius 2 is 1.62 bits per heavy atom. The lowest BCUT2D eigenvalue weighted by Crippen LogP contribution is -2.48. The molecule has 10 nitrogen and oxygen atoms in total. The molecule has 0 radical (unpaired) electrons. The van der Waals surface area contributed by atoms with Gasteiger partial charge in [-0.25, -0.2) is 14.2 Å². The van der Waals surface area contributed by atoms with E-state index in [4.69, 9.17) is 11.6 Å². The number of aromatic nitrogens is 4. The zero-order valence-electron chi connectivity index (χ0n) is 18.9. The molecule has 1 N–H and O–H groups in total. The quantitative estimate of drug-likeness (QED) is 0.427. The molecule has 1 saturated heterocycles. The van der Waals surface area contributed by atoms with Crippen molar-refractivity contribution in [2.75, 3.05) is 31.1 Å². The van der Waals surface area contributed by atoms with Crippen molar-refractivity contribution in [1.82, 2.24) is 24.2 Å². The SMILES string of the molecule is O=C(On1c(=O)c2c(nc(N3CCNCC3)n2-c2ccccc2Cl)n(-c2ccccc2)c1=O)C(F)(F)F. The first kappa shape index (κ1) is 24.6. The second-order valence-corrected chi connectivity index (χ2v) is 8.44. The number of fused-ring (bicyclic) bond motifs is 1. The topological polar surface area (TPSA) is 103 Å². The van der Waals surface area contributed by atoms with Crippen LogP contribution < -0.4 is 26.3 Å². The molecule has 192 valence electrons. The number of imidazole rings is 1. The third kappa shape index (κ3) is 4.36. The Morgan fingerprint density at radius 3 is 2.27 bits per heavy atom. The van der Waals surface area contributed by atoms with Gasteiger partial charge in [-0.2, -0.15) is 18.2 Å². The van der Waals surface area contributed by atoms with Crippen LogP contribution in [-0.2, 0) is 4.79 Å². The van der Waals surface area contributed by atoms with Crippen molar-refractivity contribution in [3.63, 3.8) is 0 Å². The summed E-state index contributed by atoms with van der Waals surface area (Å²) >= 11 is 6.46. The molecule has 0 aliphatic carbocycles. The van der Waals surface area contributed by atoms with E-state index in [1.807, 2.05) is 4.90 Å². The van der Waals surface area contributed by atoms with E-state index in [0.29, 0.717) is 31.9 Å². The molecule has 2 aromatic carbocycles. The minimum absolute atomic E-state index is 0.144. The Labute approximate surface area is 211 Å². The summed E-state index contributed by atoms with van der Waals surface area (Å²) in [6, 6.07) is 14.3. The summed E-state index contributed by atoms with van der Waals surface area (Å²) in [5.74, 6) is -2.48. The van der Waals surface area contributed by atoms with Crippen LogP contribution in [-0.4, -0.2) is 57.2 Å². The smallest absolute Gasteiger partial charge is 0.339 e.